The van der Waals surface area contributed by atoms with E-state index in [9.17, 15) is 0 Å². The van der Waals surface area contributed by atoms with Crippen LogP contribution in [-0.2, 0) is 18.5 Å². The second-order valence-corrected chi connectivity index (χ2v) is 6.99. The molecule has 2 aliphatic rings. The topological polar surface area (TPSA) is 24.9 Å². The third-order valence-corrected chi connectivity index (χ3v) is 5.50. The Hall–Kier alpha value is -1.45. The summed E-state index contributed by atoms with van der Waals surface area (Å²) in [7, 11) is 0. The van der Waals surface area contributed by atoms with Gasteiger partial charge in [-0.25, -0.2) is 4.39 Å². The molecule has 1 unspecified atom stereocenters. The number of alkyl halides is 1. The quantitative estimate of drug-likeness (QED) is 0.853. The van der Waals surface area contributed by atoms with Crippen molar-refractivity contribution in [2.75, 3.05) is 13.1 Å². The monoisotopic (exact) mass is 330 g/mol. The fourth-order valence-electron chi connectivity index (χ4n) is 4.12. The van der Waals surface area contributed by atoms with E-state index in [4.69, 9.17) is 11.6 Å². The Kier molecular flexibility index (Phi) is 3.86. The first kappa shape index (κ1) is 15.1. The summed E-state index contributed by atoms with van der Waals surface area (Å²) >= 11 is 6.17. The molecule has 1 atom stereocenters. The van der Waals surface area contributed by atoms with Crippen LogP contribution in [0.25, 0.3) is 0 Å². The first-order valence-electron chi connectivity index (χ1n) is 8.32. The van der Waals surface area contributed by atoms with Gasteiger partial charge >= 0.3 is 0 Å². The van der Waals surface area contributed by atoms with Crippen molar-refractivity contribution in [2.24, 2.45) is 5.92 Å². The molecular weight excluding hydrogens is 311 g/mol. The average molecular weight is 331 g/mol. The van der Waals surface area contributed by atoms with Gasteiger partial charge in [-0.2, -0.15) is 0 Å². The highest BCUT2D eigenvalue weighted by atomic mass is 35.5. The van der Waals surface area contributed by atoms with E-state index in [1.165, 1.54) is 0 Å². The van der Waals surface area contributed by atoms with Gasteiger partial charge in [-0.05, 0) is 73.7 Å². The van der Waals surface area contributed by atoms with Crippen LogP contribution in [0.3, 0.4) is 0 Å². The Morgan fingerprint density at radius 3 is 2.74 bits per heavy atom. The first-order chi connectivity index (χ1) is 11.2. The molecule has 1 aliphatic carbocycles. The van der Waals surface area contributed by atoms with E-state index in [-0.39, 0.29) is 5.92 Å². The number of aryl methyl sites for hydroxylation is 2. The first-order valence-corrected chi connectivity index (χ1v) is 8.70. The standard InChI is InChI=1S/C19H20ClFN2/c20-16-5-6-17-14(12-16)4-3-13-2-1-9-23-18(13)19(17,21)15-7-10-22-11-8-15/h1-2,5-6,9,12,15,22H,3-4,7-8,10-11H2. The number of fused-ring (bicyclic) bond motifs is 2. The maximum Gasteiger partial charge on any atom is 0.181 e. The normalized spacial score (nSPS) is 24.6. The minimum Gasteiger partial charge on any atom is -0.317 e. The predicted molar refractivity (Wildman–Crippen MR) is 90.6 cm³/mol. The summed E-state index contributed by atoms with van der Waals surface area (Å²) in [5, 5.41) is 4.01. The molecule has 2 nitrogen and oxygen atoms in total. The van der Waals surface area contributed by atoms with Gasteiger partial charge in [-0.15, -0.1) is 0 Å². The predicted octanol–water partition coefficient (Wildman–Crippen LogP) is 4.05. The Balaban J connectivity index is 1.94. The molecule has 0 saturated carbocycles. The largest absolute Gasteiger partial charge is 0.317 e. The van der Waals surface area contributed by atoms with Crippen LogP contribution in [0.2, 0.25) is 5.02 Å². The van der Waals surface area contributed by atoms with Gasteiger partial charge in [0.15, 0.2) is 5.67 Å². The van der Waals surface area contributed by atoms with Crippen LogP contribution in [0.5, 0.6) is 0 Å². The second-order valence-electron chi connectivity index (χ2n) is 6.55. The van der Waals surface area contributed by atoms with Crippen LogP contribution in [0.4, 0.5) is 4.39 Å². The zero-order valence-corrected chi connectivity index (χ0v) is 13.7. The van der Waals surface area contributed by atoms with Crippen LogP contribution in [0, 0.1) is 5.92 Å². The summed E-state index contributed by atoms with van der Waals surface area (Å²) < 4.78 is 16.7. The number of nitrogens with one attached hydrogen (secondary N) is 1. The highest BCUT2D eigenvalue weighted by Crippen LogP contribution is 2.48. The number of halogens is 2. The molecule has 120 valence electrons. The molecule has 4 heteroatoms. The third kappa shape index (κ3) is 2.47. The molecule has 0 amide bonds. The molecule has 2 aromatic rings. The van der Waals surface area contributed by atoms with Gasteiger partial charge in [0.2, 0.25) is 0 Å². The van der Waals surface area contributed by atoms with Gasteiger partial charge in [-0.1, -0.05) is 23.7 Å². The van der Waals surface area contributed by atoms with Crippen molar-refractivity contribution in [1.29, 1.82) is 0 Å². The van der Waals surface area contributed by atoms with E-state index >= 15 is 4.39 Å². The number of rotatable bonds is 1. The number of benzene rings is 1. The molecule has 4 rings (SSSR count). The van der Waals surface area contributed by atoms with Gasteiger partial charge < -0.3 is 5.32 Å². The summed E-state index contributed by atoms with van der Waals surface area (Å²) in [5.74, 6) is -0.0459. The summed E-state index contributed by atoms with van der Waals surface area (Å²) in [4.78, 5) is 4.50. The van der Waals surface area contributed by atoms with E-state index < -0.39 is 5.67 Å². The molecule has 1 saturated heterocycles. The van der Waals surface area contributed by atoms with E-state index in [1.54, 1.807) is 6.20 Å². The lowest BCUT2D eigenvalue weighted by atomic mass is 9.74. The van der Waals surface area contributed by atoms with Crippen molar-refractivity contribution >= 4 is 11.6 Å². The van der Waals surface area contributed by atoms with Crippen LogP contribution in [0.1, 0.15) is 35.2 Å². The van der Waals surface area contributed by atoms with E-state index in [0.717, 1.165) is 55.5 Å². The van der Waals surface area contributed by atoms with Gasteiger partial charge in [0.1, 0.15) is 0 Å². The molecule has 2 heterocycles. The number of hydrogen-bond acceptors (Lipinski definition) is 2. The molecule has 1 N–H and O–H groups in total. The molecule has 1 aliphatic heterocycles. The highest BCUT2D eigenvalue weighted by molar-refractivity contribution is 6.30. The summed E-state index contributed by atoms with van der Waals surface area (Å²) in [6.45, 7) is 1.73. The van der Waals surface area contributed by atoms with Crippen molar-refractivity contribution in [2.45, 2.75) is 31.4 Å². The molecule has 23 heavy (non-hydrogen) atoms. The van der Waals surface area contributed by atoms with Gasteiger partial charge in [-0.3, -0.25) is 4.98 Å². The molecule has 1 fully saturated rings. The minimum atomic E-state index is -1.52. The number of aromatic nitrogens is 1. The van der Waals surface area contributed by atoms with E-state index in [2.05, 4.69) is 10.3 Å². The molecule has 1 aromatic heterocycles. The van der Waals surface area contributed by atoms with Gasteiger partial charge in [0, 0.05) is 17.1 Å². The minimum absolute atomic E-state index is 0.0459. The molecule has 0 bridgehead atoms. The number of nitrogens with zero attached hydrogens (tertiary/aromatic N) is 1. The maximum atomic E-state index is 16.7. The summed E-state index contributed by atoms with van der Waals surface area (Å²) in [6.07, 6.45) is 5.00. The Labute approximate surface area is 141 Å². The van der Waals surface area contributed by atoms with Crippen molar-refractivity contribution in [3.63, 3.8) is 0 Å². The third-order valence-electron chi connectivity index (χ3n) is 5.26. The Bertz CT molecular complexity index is 727. The van der Waals surface area contributed by atoms with E-state index in [0.29, 0.717) is 10.7 Å². The van der Waals surface area contributed by atoms with Crippen LogP contribution in [0.15, 0.2) is 36.5 Å². The number of pyridine rings is 1. The molecular formula is C19H20ClFN2. The molecule has 0 spiro atoms. The molecule has 1 aromatic carbocycles. The average Bonchev–Trinajstić information content (AvgIpc) is 2.72. The Morgan fingerprint density at radius 1 is 1.13 bits per heavy atom. The molecule has 0 radical (unpaired) electrons. The lowest BCUT2D eigenvalue weighted by Gasteiger charge is -2.37. The zero-order chi connectivity index (χ0) is 15.9. The summed E-state index contributed by atoms with van der Waals surface area (Å²) in [5.41, 5.74) is 1.92. The van der Waals surface area contributed by atoms with Crippen LogP contribution >= 0.6 is 11.6 Å². The fourth-order valence-corrected chi connectivity index (χ4v) is 4.32. The van der Waals surface area contributed by atoms with Crippen LogP contribution < -0.4 is 5.32 Å². The van der Waals surface area contributed by atoms with Crippen molar-refractivity contribution in [1.82, 2.24) is 10.3 Å². The van der Waals surface area contributed by atoms with Gasteiger partial charge in [0.05, 0.1) is 5.69 Å². The highest BCUT2D eigenvalue weighted by Gasteiger charge is 2.47. The smallest absolute Gasteiger partial charge is 0.181 e. The number of hydrogen-bond donors (Lipinski definition) is 1. The second kappa shape index (κ2) is 5.88. The Morgan fingerprint density at radius 2 is 1.91 bits per heavy atom. The van der Waals surface area contributed by atoms with Crippen LogP contribution in [-0.4, -0.2) is 18.1 Å². The van der Waals surface area contributed by atoms with Crippen molar-refractivity contribution in [3.8, 4) is 0 Å². The van der Waals surface area contributed by atoms with Crippen molar-refractivity contribution in [3.05, 3.63) is 63.9 Å². The lowest BCUT2D eigenvalue weighted by molar-refractivity contribution is 0.0947. The maximum absolute atomic E-state index is 16.7. The van der Waals surface area contributed by atoms with Crippen molar-refractivity contribution < 1.29 is 4.39 Å². The van der Waals surface area contributed by atoms with E-state index in [1.807, 2.05) is 30.3 Å². The zero-order valence-electron chi connectivity index (χ0n) is 13.0. The summed E-state index contributed by atoms with van der Waals surface area (Å²) in [6, 6.07) is 9.54. The lowest BCUT2D eigenvalue weighted by Crippen LogP contribution is -2.41. The van der Waals surface area contributed by atoms with Gasteiger partial charge in [0.25, 0.3) is 0 Å². The SMILES string of the molecule is FC1(C2CCNCC2)c2ccc(Cl)cc2CCc2cccnc21. The fraction of sp³-hybridized carbons (Fsp3) is 0.421. The number of piperidine rings is 1.